The molecule has 146 valence electrons. The van der Waals surface area contributed by atoms with E-state index in [1.54, 1.807) is 12.1 Å². The number of halogens is 3. The molecule has 0 aliphatic carbocycles. The van der Waals surface area contributed by atoms with Gasteiger partial charge in [0.25, 0.3) is 5.91 Å². The molecule has 3 rings (SSSR count). The van der Waals surface area contributed by atoms with Crippen LogP contribution in [0.15, 0.2) is 41.1 Å². The number of aromatic nitrogens is 3. The smallest absolute Gasteiger partial charge is 0.418 e. The number of anilines is 1. The Balaban J connectivity index is 1.86. The van der Waals surface area contributed by atoms with Crippen LogP contribution in [-0.2, 0) is 12.7 Å². The lowest BCUT2D eigenvalue weighted by molar-refractivity contribution is -0.138. The Morgan fingerprint density at radius 2 is 2.07 bits per heavy atom. The maximum atomic E-state index is 13.0. The molecule has 0 fully saturated rings. The maximum absolute atomic E-state index is 13.0. The highest BCUT2D eigenvalue weighted by Crippen LogP contribution is 2.31. The standard InChI is InChI=1S/C17H14F3N5O3/c1-27-16-12(13(21)24-14(25-16)11-5-3-7-28-11)15(26)23-8-10-9(17(18,19)20)4-2-6-22-10/h2-7H,8H2,1H3,(H,23,26)(H2,21,24,25). The molecule has 0 spiro atoms. The number of furan rings is 1. The number of ether oxygens (including phenoxy) is 1. The summed E-state index contributed by atoms with van der Waals surface area (Å²) in [5, 5.41) is 2.33. The van der Waals surface area contributed by atoms with E-state index in [9.17, 15) is 18.0 Å². The molecule has 3 aromatic heterocycles. The van der Waals surface area contributed by atoms with E-state index >= 15 is 0 Å². The van der Waals surface area contributed by atoms with Gasteiger partial charge >= 0.3 is 6.18 Å². The third-order valence-corrected chi connectivity index (χ3v) is 3.68. The van der Waals surface area contributed by atoms with Crippen LogP contribution in [0.5, 0.6) is 5.88 Å². The molecule has 11 heteroatoms. The zero-order chi connectivity index (χ0) is 20.3. The van der Waals surface area contributed by atoms with Crippen LogP contribution in [0.3, 0.4) is 0 Å². The molecule has 0 bridgehead atoms. The van der Waals surface area contributed by atoms with Gasteiger partial charge in [0, 0.05) is 6.20 Å². The van der Waals surface area contributed by atoms with Crippen molar-refractivity contribution in [3.8, 4) is 17.5 Å². The van der Waals surface area contributed by atoms with Crippen molar-refractivity contribution in [2.24, 2.45) is 0 Å². The molecular weight excluding hydrogens is 379 g/mol. The summed E-state index contributed by atoms with van der Waals surface area (Å²) >= 11 is 0. The third kappa shape index (κ3) is 3.87. The lowest BCUT2D eigenvalue weighted by Gasteiger charge is -2.14. The van der Waals surface area contributed by atoms with Crippen LogP contribution in [0, 0.1) is 0 Å². The average molecular weight is 393 g/mol. The van der Waals surface area contributed by atoms with Crippen LogP contribution in [0.25, 0.3) is 11.6 Å². The first-order chi connectivity index (χ1) is 13.3. The number of carbonyl (C=O) groups is 1. The summed E-state index contributed by atoms with van der Waals surface area (Å²) in [6.45, 7) is -0.475. The Morgan fingerprint density at radius 1 is 1.29 bits per heavy atom. The third-order valence-electron chi connectivity index (χ3n) is 3.68. The zero-order valence-electron chi connectivity index (χ0n) is 14.4. The highest BCUT2D eigenvalue weighted by atomic mass is 19.4. The first-order valence-corrected chi connectivity index (χ1v) is 7.86. The molecule has 8 nitrogen and oxygen atoms in total. The fraction of sp³-hybridized carbons (Fsp3) is 0.176. The normalized spacial score (nSPS) is 11.3. The molecule has 0 saturated heterocycles. The topological polar surface area (TPSA) is 116 Å². The molecule has 0 aliphatic heterocycles. The van der Waals surface area contributed by atoms with E-state index in [1.165, 1.54) is 19.6 Å². The van der Waals surface area contributed by atoms with E-state index in [-0.39, 0.29) is 28.8 Å². The van der Waals surface area contributed by atoms with Crippen molar-refractivity contribution in [3.05, 3.63) is 53.5 Å². The van der Waals surface area contributed by atoms with E-state index in [1.807, 2.05) is 0 Å². The van der Waals surface area contributed by atoms with Gasteiger partial charge < -0.3 is 20.2 Å². The molecule has 3 aromatic rings. The Labute approximate surface area is 156 Å². The Morgan fingerprint density at radius 3 is 2.71 bits per heavy atom. The SMILES string of the molecule is COc1nc(-c2ccco2)nc(N)c1C(=O)NCc1ncccc1C(F)(F)F. The Kier molecular flexibility index (Phi) is 5.16. The van der Waals surface area contributed by atoms with Crippen molar-refractivity contribution in [2.75, 3.05) is 12.8 Å². The monoisotopic (exact) mass is 393 g/mol. The number of nitrogens with zero attached hydrogens (tertiary/aromatic N) is 3. The van der Waals surface area contributed by atoms with Gasteiger partial charge in [-0.15, -0.1) is 0 Å². The molecule has 3 N–H and O–H groups in total. The van der Waals surface area contributed by atoms with Gasteiger partial charge in [-0.1, -0.05) is 0 Å². The molecule has 0 radical (unpaired) electrons. The summed E-state index contributed by atoms with van der Waals surface area (Å²) in [5.41, 5.74) is 4.35. The highest BCUT2D eigenvalue weighted by molar-refractivity contribution is 6.00. The summed E-state index contributed by atoms with van der Waals surface area (Å²) < 4.78 is 49.4. The van der Waals surface area contributed by atoms with Gasteiger partial charge in [0.1, 0.15) is 11.4 Å². The summed E-state index contributed by atoms with van der Waals surface area (Å²) in [4.78, 5) is 24.2. The number of hydrogen-bond acceptors (Lipinski definition) is 7. The minimum absolute atomic E-state index is 0.0972. The quantitative estimate of drug-likeness (QED) is 0.684. The second kappa shape index (κ2) is 7.55. The molecule has 1 amide bonds. The van der Waals surface area contributed by atoms with Gasteiger partial charge in [-0.25, -0.2) is 4.98 Å². The molecule has 3 heterocycles. The van der Waals surface area contributed by atoms with Gasteiger partial charge in [0.2, 0.25) is 11.7 Å². The fourth-order valence-electron chi connectivity index (χ4n) is 2.42. The van der Waals surface area contributed by atoms with Crippen LogP contribution in [0.2, 0.25) is 0 Å². The summed E-state index contributed by atoms with van der Waals surface area (Å²) in [7, 11) is 1.27. The van der Waals surface area contributed by atoms with Crippen molar-refractivity contribution in [1.82, 2.24) is 20.3 Å². The lowest BCUT2D eigenvalue weighted by atomic mass is 10.1. The minimum Gasteiger partial charge on any atom is -0.480 e. The zero-order valence-corrected chi connectivity index (χ0v) is 14.4. The van der Waals surface area contributed by atoms with E-state index in [0.29, 0.717) is 5.76 Å². The predicted molar refractivity (Wildman–Crippen MR) is 91.1 cm³/mol. The van der Waals surface area contributed by atoms with Gasteiger partial charge in [0.15, 0.2) is 5.76 Å². The summed E-state index contributed by atoms with van der Waals surface area (Å²) in [5.74, 6) is -0.763. The van der Waals surface area contributed by atoms with Crippen LogP contribution in [-0.4, -0.2) is 28.0 Å². The number of nitrogen functional groups attached to an aromatic ring is 1. The molecule has 28 heavy (non-hydrogen) atoms. The first-order valence-electron chi connectivity index (χ1n) is 7.86. The average Bonchev–Trinajstić information content (AvgIpc) is 3.19. The van der Waals surface area contributed by atoms with Crippen molar-refractivity contribution in [1.29, 1.82) is 0 Å². The largest absolute Gasteiger partial charge is 0.480 e. The number of nitrogens with one attached hydrogen (secondary N) is 1. The second-order valence-corrected chi connectivity index (χ2v) is 5.47. The molecular formula is C17H14F3N5O3. The van der Waals surface area contributed by atoms with Crippen LogP contribution >= 0.6 is 0 Å². The van der Waals surface area contributed by atoms with Gasteiger partial charge in [-0.05, 0) is 24.3 Å². The number of carbonyl (C=O) groups excluding carboxylic acids is 1. The number of amides is 1. The van der Waals surface area contributed by atoms with Crippen LogP contribution < -0.4 is 15.8 Å². The van der Waals surface area contributed by atoms with Crippen molar-refractivity contribution in [2.45, 2.75) is 12.7 Å². The number of alkyl halides is 3. The number of hydrogen-bond donors (Lipinski definition) is 2. The molecule has 0 unspecified atom stereocenters. The summed E-state index contributed by atoms with van der Waals surface area (Å²) in [6, 6.07) is 5.25. The van der Waals surface area contributed by atoms with E-state index in [0.717, 1.165) is 12.1 Å². The van der Waals surface area contributed by atoms with E-state index in [2.05, 4.69) is 20.3 Å². The fourth-order valence-corrected chi connectivity index (χ4v) is 2.42. The van der Waals surface area contributed by atoms with Crippen molar-refractivity contribution >= 4 is 11.7 Å². The molecule has 0 saturated carbocycles. The Bertz CT molecular complexity index is 990. The van der Waals surface area contributed by atoms with Crippen molar-refractivity contribution < 1.29 is 27.1 Å². The number of pyridine rings is 1. The first kappa shape index (κ1) is 19.1. The maximum Gasteiger partial charge on any atom is 0.418 e. The molecule has 0 aromatic carbocycles. The van der Waals surface area contributed by atoms with Crippen molar-refractivity contribution in [3.63, 3.8) is 0 Å². The van der Waals surface area contributed by atoms with Crippen LogP contribution in [0.1, 0.15) is 21.6 Å². The van der Waals surface area contributed by atoms with Gasteiger partial charge in [-0.3, -0.25) is 9.78 Å². The Hall–Kier alpha value is -3.63. The van der Waals surface area contributed by atoms with Gasteiger partial charge in [0.05, 0.1) is 31.2 Å². The number of nitrogens with two attached hydrogens (primary N) is 1. The second-order valence-electron chi connectivity index (χ2n) is 5.47. The highest BCUT2D eigenvalue weighted by Gasteiger charge is 2.34. The van der Waals surface area contributed by atoms with E-state index in [4.69, 9.17) is 14.9 Å². The lowest BCUT2D eigenvalue weighted by Crippen LogP contribution is -2.27. The summed E-state index contributed by atoms with van der Waals surface area (Å²) in [6.07, 6.45) is -1.99. The van der Waals surface area contributed by atoms with Gasteiger partial charge in [-0.2, -0.15) is 18.2 Å². The molecule has 0 aliphatic rings. The van der Waals surface area contributed by atoms with E-state index < -0.39 is 24.2 Å². The molecule has 0 atom stereocenters. The predicted octanol–water partition coefficient (Wildman–Crippen LogP) is 2.67. The number of methoxy groups -OCH3 is 1. The van der Waals surface area contributed by atoms with Crippen LogP contribution in [0.4, 0.5) is 19.0 Å². The minimum atomic E-state index is -4.60. The number of rotatable bonds is 5.